The van der Waals surface area contributed by atoms with Gasteiger partial charge in [-0.2, -0.15) is 0 Å². The molecule has 0 aromatic heterocycles. The molecule has 0 radical (unpaired) electrons. The lowest BCUT2D eigenvalue weighted by Crippen LogP contribution is -2.32. The third-order valence-electron chi connectivity index (χ3n) is 3.92. The second kappa shape index (κ2) is 9.01. The van der Waals surface area contributed by atoms with Crippen molar-refractivity contribution in [2.75, 3.05) is 14.2 Å². The molecule has 2 aromatic carbocycles. The molecule has 2 atom stereocenters. The number of nitrogens with one attached hydrogen (secondary N) is 1. The number of methoxy groups -OCH3 is 1. The molecular formula is C20H23NO5. The van der Waals surface area contributed by atoms with E-state index in [9.17, 15) is 9.59 Å². The highest BCUT2D eigenvalue weighted by atomic mass is 16.6. The molecule has 2 rings (SSSR count). The van der Waals surface area contributed by atoms with E-state index in [2.05, 4.69) is 5.32 Å². The van der Waals surface area contributed by atoms with E-state index in [1.807, 2.05) is 44.3 Å². The molecule has 0 aliphatic carbocycles. The molecule has 0 heterocycles. The van der Waals surface area contributed by atoms with Crippen molar-refractivity contribution in [1.82, 2.24) is 5.32 Å². The number of carbonyl (C=O) groups is 2. The molecule has 0 spiro atoms. The minimum absolute atomic E-state index is 0.0800. The summed E-state index contributed by atoms with van der Waals surface area (Å²) in [4.78, 5) is 23.8. The molecule has 0 unspecified atom stereocenters. The summed E-state index contributed by atoms with van der Waals surface area (Å²) in [5.41, 5.74) is 1.20. The van der Waals surface area contributed by atoms with Crippen LogP contribution in [0.4, 0.5) is 0 Å². The number of esters is 2. The molecule has 0 fully saturated rings. The first kappa shape index (κ1) is 19.5. The molecule has 0 aliphatic rings. The summed E-state index contributed by atoms with van der Waals surface area (Å²) >= 11 is 0. The number of likely N-dealkylation sites (N-methyl/N-ethyl adjacent to an activating group) is 1. The van der Waals surface area contributed by atoms with Gasteiger partial charge in [0.15, 0.2) is 11.5 Å². The SMILES string of the molecule is CN[C@H](C)[C@H](OC(=O)c1ccc(OC(C)=O)c(OC)c1)c1ccccc1. The topological polar surface area (TPSA) is 73.9 Å². The molecule has 138 valence electrons. The van der Waals surface area contributed by atoms with E-state index >= 15 is 0 Å². The van der Waals surface area contributed by atoms with Crippen LogP contribution in [0.2, 0.25) is 0 Å². The Balaban J connectivity index is 2.25. The summed E-state index contributed by atoms with van der Waals surface area (Å²) in [5, 5.41) is 3.11. The van der Waals surface area contributed by atoms with E-state index in [0.717, 1.165) is 5.56 Å². The van der Waals surface area contributed by atoms with Crippen molar-refractivity contribution in [1.29, 1.82) is 0 Å². The van der Waals surface area contributed by atoms with Gasteiger partial charge in [0, 0.05) is 13.0 Å². The van der Waals surface area contributed by atoms with Gasteiger partial charge in [-0.05, 0) is 37.7 Å². The van der Waals surface area contributed by atoms with Crippen LogP contribution in [-0.4, -0.2) is 32.1 Å². The van der Waals surface area contributed by atoms with Crippen LogP contribution in [0, 0.1) is 0 Å². The average molecular weight is 357 g/mol. The van der Waals surface area contributed by atoms with Gasteiger partial charge in [0.25, 0.3) is 0 Å². The third kappa shape index (κ3) is 4.83. The number of rotatable bonds is 7. The smallest absolute Gasteiger partial charge is 0.338 e. The van der Waals surface area contributed by atoms with Crippen molar-refractivity contribution in [3.63, 3.8) is 0 Å². The Morgan fingerprint density at radius 1 is 1.04 bits per heavy atom. The van der Waals surface area contributed by atoms with E-state index in [4.69, 9.17) is 14.2 Å². The highest BCUT2D eigenvalue weighted by Gasteiger charge is 2.24. The molecule has 0 saturated carbocycles. The summed E-state index contributed by atoms with van der Waals surface area (Å²) in [5.74, 6) is -0.424. The quantitative estimate of drug-likeness (QED) is 0.606. The van der Waals surface area contributed by atoms with E-state index < -0.39 is 18.0 Å². The molecule has 6 nitrogen and oxygen atoms in total. The van der Waals surface area contributed by atoms with E-state index in [1.165, 1.54) is 32.2 Å². The Morgan fingerprint density at radius 2 is 1.73 bits per heavy atom. The lowest BCUT2D eigenvalue weighted by Gasteiger charge is -2.24. The lowest BCUT2D eigenvalue weighted by atomic mass is 10.0. The van der Waals surface area contributed by atoms with Crippen molar-refractivity contribution in [3.8, 4) is 11.5 Å². The van der Waals surface area contributed by atoms with Crippen LogP contribution in [0.3, 0.4) is 0 Å². The first-order valence-corrected chi connectivity index (χ1v) is 8.26. The van der Waals surface area contributed by atoms with Crippen molar-refractivity contribution < 1.29 is 23.8 Å². The summed E-state index contributed by atoms with van der Waals surface area (Å²) in [6, 6.07) is 14.0. The van der Waals surface area contributed by atoms with Crippen LogP contribution in [0.15, 0.2) is 48.5 Å². The number of hydrogen-bond acceptors (Lipinski definition) is 6. The summed E-state index contributed by atoms with van der Waals surface area (Å²) in [7, 11) is 3.25. The van der Waals surface area contributed by atoms with Crippen molar-refractivity contribution >= 4 is 11.9 Å². The highest BCUT2D eigenvalue weighted by molar-refractivity contribution is 5.90. The van der Waals surface area contributed by atoms with Gasteiger partial charge in [0.1, 0.15) is 6.10 Å². The second-order valence-corrected chi connectivity index (χ2v) is 5.77. The fourth-order valence-corrected chi connectivity index (χ4v) is 2.47. The Bertz CT molecular complexity index is 760. The summed E-state index contributed by atoms with van der Waals surface area (Å²) in [6.45, 7) is 3.24. The van der Waals surface area contributed by atoms with Crippen molar-refractivity contribution in [2.24, 2.45) is 0 Å². The fraction of sp³-hybridized carbons (Fsp3) is 0.300. The molecule has 2 aromatic rings. The van der Waals surface area contributed by atoms with Gasteiger partial charge in [0.2, 0.25) is 0 Å². The molecule has 0 amide bonds. The van der Waals surface area contributed by atoms with Crippen LogP contribution >= 0.6 is 0 Å². The Kier molecular flexibility index (Phi) is 6.74. The zero-order valence-electron chi connectivity index (χ0n) is 15.3. The van der Waals surface area contributed by atoms with Gasteiger partial charge in [-0.3, -0.25) is 4.79 Å². The van der Waals surface area contributed by atoms with Crippen molar-refractivity contribution in [2.45, 2.75) is 26.0 Å². The Labute approximate surface area is 153 Å². The van der Waals surface area contributed by atoms with E-state index in [1.54, 1.807) is 0 Å². The van der Waals surface area contributed by atoms with Crippen LogP contribution in [-0.2, 0) is 9.53 Å². The van der Waals surface area contributed by atoms with Gasteiger partial charge >= 0.3 is 11.9 Å². The highest BCUT2D eigenvalue weighted by Crippen LogP contribution is 2.30. The van der Waals surface area contributed by atoms with Crippen molar-refractivity contribution in [3.05, 3.63) is 59.7 Å². The maximum absolute atomic E-state index is 12.6. The first-order chi connectivity index (χ1) is 12.5. The minimum Gasteiger partial charge on any atom is -0.493 e. The van der Waals surface area contributed by atoms with Crippen LogP contribution < -0.4 is 14.8 Å². The van der Waals surface area contributed by atoms with Crippen LogP contribution in [0.5, 0.6) is 11.5 Å². The zero-order valence-corrected chi connectivity index (χ0v) is 15.3. The number of ether oxygens (including phenoxy) is 3. The van der Waals surface area contributed by atoms with Gasteiger partial charge in [-0.25, -0.2) is 4.79 Å². The lowest BCUT2D eigenvalue weighted by molar-refractivity contribution is -0.132. The maximum Gasteiger partial charge on any atom is 0.338 e. The fourth-order valence-electron chi connectivity index (χ4n) is 2.47. The predicted molar refractivity (Wildman–Crippen MR) is 97.4 cm³/mol. The molecule has 6 heteroatoms. The van der Waals surface area contributed by atoms with Crippen LogP contribution in [0.25, 0.3) is 0 Å². The van der Waals surface area contributed by atoms with Gasteiger partial charge in [0.05, 0.1) is 12.7 Å². The molecule has 0 saturated heterocycles. The van der Waals surface area contributed by atoms with E-state index in [0.29, 0.717) is 5.56 Å². The molecule has 26 heavy (non-hydrogen) atoms. The molecule has 0 bridgehead atoms. The minimum atomic E-state index is -0.492. The monoisotopic (exact) mass is 357 g/mol. The van der Waals surface area contributed by atoms with E-state index in [-0.39, 0.29) is 17.5 Å². The predicted octanol–water partition coefficient (Wildman–Crippen LogP) is 3.13. The van der Waals surface area contributed by atoms with Gasteiger partial charge in [-0.1, -0.05) is 30.3 Å². The Morgan fingerprint density at radius 3 is 2.31 bits per heavy atom. The second-order valence-electron chi connectivity index (χ2n) is 5.77. The number of carbonyl (C=O) groups excluding carboxylic acids is 2. The van der Waals surface area contributed by atoms with Crippen LogP contribution in [0.1, 0.15) is 35.9 Å². The van der Waals surface area contributed by atoms with Gasteiger partial charge < -0.3 is 19.5 Å². The Hall–Kier alpha value is -2.86. The molecule has 0 aliphatic heterocycles. The summed E-state index contributed by atoms with van der Waals surface area (Å²) in [6.07, 6.45) is -0.451. The zero-order chi connectivity index (χ0) is 19.1. The average Bonchev–Trinajstić information content (AvgIpc) is 2.65. The molecule has 1 N–H and O–H groups in total. The third-order valence-corrected chi connectivity index (χ3v) is 3.92. The number of hydrogen-bond donors (Lipinski definition) is 1. The normalized spacial score (nSPS) is 12.8. The molecular weight excluding hydrogens is 334 g/mol. The first-order valence-electron chi connectivity index (χ1n) is 8.26. The largest absolute Gasteiger partial charge is 0.493 e. The standard InChI is InChI=1S/C20H23NO5/c1-13(21-3)19(15-8-6-5-7-9-15)26-20(23)16-10-11-17(25-14(2)22)18(12-16)24-4/h5-13,19,21H,1-4H3/t13-,19+/m1/s1. The number of benzene rings is 2. The maximum atomic E-state index is 12.6. The van der Waals surface area contributed by atoms with Gasteiger partial charge in [-0.15, -0.1) is 0 Å². The summed E-state index contributed by atoms with van der Waals surface area (Å²) < 4.78 is 16.0.